The predicted molar refractivity (Wildman–Crippen MR) is 83.3 cm³/mol. The molecule has 5 nitrogen and oxygen atoms in total. The monoisotopic (exact) mass is 292 g/mol. The lowest BCUT2D eigenvalue weighted by Gasteiger charge is -2.14. The third-order valence-corrected chi connectivity index (χ3v) is 3.21. The van der Waals surface area contributed by atoms with Crippen molar-refractivity contribution in [2.75, 3.05) is 25.6 Å². The third-order valence-electron chi connectivity index (χ3n) is 3.21. The number of rotatable bonds is 8. The van der Waals surface area contributed by atoms with Crippen LogP contribution in [0.2, 0.25) is 0 Å². The minimum absolute atomic E-state index is 0.176. The van der Waals surface area contributed by atoms with E-state index in [1.165, 1.54) is 0 Å². The number of aryl methyl sites for hydroxylation is 2. The summed E-state index contributed by atoms with van der Waals surface area (Å²) >= 11 is 0. The minimum atomic E-state index is -0.295. The fourth-order valence-corrected chi connectivity index (χ4v) is 2.09. The highest BCUT2D eigenvalue weighted by Crippen LogP contribution is 2.22. The summed E-state index contributed by atoms with van der Waals surface area (Å²) < 4.78 is 4.84. The number of hydrogen-bond acceptors (Lipinski definition) is 3. The summed E-state index contributed by atoms with van der Waals surface area (Å²) in [5.74, 6) is -0.586. The zero-order valence-corrected chi connectivity index (χ0v) is 13.0. The molecule has 0 heterocycles. The fourth-order valence-electron chi connectivity index (χ4n) is 2.09. The maximum Gasteiger partial charge on any atom is 0.233 e. The molecule has 0 aliphatic carbocycles. The highest BCUT2D eigenvalue weighted by Gasteiger charge is 2.13. The third kappa shape index (κ3) is 5.55. The second-order valence-corrected chi connectivity index (χ2v) is 4.73. The van der Waals surface area contributed by atoms with Crippen LogP contribution >= 0.6 is 0 Å². The zero-order valence-electron chi connectivity index (χ0n) is 13.0. The molecule has 1 rings (SSSR count). The Kier molecular flexibility index (Phi) is 7.46. The van der Waals surface area contributed by atoms with Gasteiger partial charge >= 0.3 is 0 Å². The summed E-state index contributed by atoms with van der Waals surface area (Å²) in [5.41, 5.74) is 3.02. The lowest BCUT2D eigenvalue weighted by molar-refractivity contribution is -0.126. The Labute approximate surface area is 126 Å². The Balaban J connectivity index is 2.64. The first-order valence-corrected chi connectivity index (χ1v) is 7.28. The summed E-state index contributed by atoms with van der Waals surface area (Å²) in [4.78, 5) is 23.6. The van der Waals surface area contributed by atoms with Gasteiger partial charge in [-0.15, -0.1) is 0 Å². The van der Waals surface area contributed by atoms with Gasteiger partial charge in [0.2, 0.25) is 11.8 Å². The van der Waals surface area contributed by atoms with Gasteiger partial charge in [0, 0.05) is 19.3 Å². The number of ether oxygens (including phenoxy) is 1. The molecule has 1 aromatic carbocycles. The molecular weight excluding hydrogens is 268 g/mol. The number of para-hydroxylation sites is 1. The van der Waals surface area contributed by atoms with Gasteiger partial charge in [0.1, 0.15) is 6.42 Å². The second kappa shape index (κ2) is 9.13. The molecule has 2 amide bonds. The average Bonchev–Trinajstić information content (AvgIpc) is 2.47. The Morgan fingerprint density at radius 3 is 2.24 bits per heavy atom. The number of carbonyl (C=O) groups is 2. The molecule has 0 radical (unpaired) electrons. The van der Waals surface area contributed by atoms with Gasteiger partial charge in [-0.1, -0.05) is 32.0 Å². The molecule has 0 unspecified atom stereocenters. The van der Waals surface area contributed by atoms with Crippen molar-refractivity contribution in [1.82, 2.24) is 5.32 Å². The Morgan fingerprint density at radius 2 is 1.71 bits per heavy atom. The molecule has 2 N–H and O–H groups in total. The summed E-state index contributed by atoms with van der Waals surface area (Å²) in [5, 5.41) is 5.50. The molecule has 21 heavy (non-hydrogen) atoms. The highest BCUT2D eigenvalue weighted by molar-refractivity contribution is 6.04. The Morgan fingerprint density at radius 1 is 1.10 bits per heavy atom. The van der Waals surface area contributed by atoms with Crippen LogP contribution in [0.1, 0.15) is 31.4 Å². The first kappa shape index (κ1) is 17.2. The minimum Gasteiger partial charge on any atom is -0.383 e. The van der Waals surface area contributed by atoms with E-state index in [0.717, 1.165) is 29.7 Å². The van der Waals surface area contributed by atoms with Crippen LogP contribution in [0.4, 0.5) is 5.69 Å². The van der Waals surface area contributed by atoms with Crippen LogP contribution < -0.4 is 10.6 Å². The van der Waals surface area contributed by atoms with E-state index < -0.39 is 0 Å². The molecule has 1 aromatic rings. The largest absolute Gasteiger partial charge is 0.383 e. The lowest BCUT2D eigenvalue weighted by atomic mass is 10.0. The van der Waals surface area contributed by atoms with Crippen LogP contribution in [0.25, 0.3) is 0 Å². The van der Waals surface area contributed by atoms with Gasteiger partial charge in [-0.05, 0) is 24.0 Å². The van der Waals surface area contributed by atoms with Crippen LogP contribution in [-0.4, -0.2) is 32.1 Å². The van der Waals surface area contributed by atoms with E-state index in [4.69, 9.17) is 4.74 Å². The first-order valence-electron chi connectivity index (χ1n) is 7.28. The standard InChI is InChI=1S/C16H24N2O3/c1-4-12-7-6-8-13(5-2)16(12)18-15(20)11-14(19)17-9-10-21-3/h6-8H,4-5,9-11H2,1-3H3,(H,17,19)(H,18,20). The van der Waals surface area contributed by atoms with Crippen LogP contribution in [0.5, 0.6) is 0 Å². The summed E-state index contributed by atoms with van der Waals surface area (Å²) in [6, 6.07) is 5.98. The van der Waals surface area contributed by atoms with E-state index >= 15 is 0 Å². The molecule has 0 saturated carbocycles. The van der Waals surface area contributed by atoms with Gasteiger partial charge < -0.3 is 15.4 Å². The van der Waals surface area contributed by atoms with E-state index in [9.17, 15) is 9.59 Å². The number of anilines is 1. The average molecular weight is 292 g/mol. The normalized spacial score (nSPS) is 10.2. The van der Waals surface area contributed by atoms with E-state index in [1.807, 2.05) is 32.0 Å². The molecule has 5 heteroatoms. The van der Waals surface area contributed by atoms with Gasteiger partial charge in [0.15, 0.2) is 0 Å². The molecular formula is C16H24N2O3. The summed E-state index contributed by atoms with van der Waals surface area (Å²) in [6.07, 6.45) is 1.50. The Hall–Kier alpha value is -1.88. The van der Waals surface area contributed by atoms with Gasteiger partial charge in [0.05, 0.1) is 6.61 Å². The van der Waals surface area contributed by atoms with Crippen molar-refractivity contribution in [2.24, 2.45) is 0 Å². The number of nitrogens with one attached hydrogen (secondary N) is 2. The van der Waals surface area contributed by atoms with Crippen LogP contribution in [0.3, 0.4) is 0 Å². The molecule has 0 fully saturated rings. The van der Waals surface area contributed by atoms with Crippen molar-refractivity contribution in [3.63, 3.8) is 0 Å². The molecule has 0 aliphatic heterocycles. The number of amides is 2. The van der Waals surface area contributed by atoms with E-state index in [1.54, 1.807) is 7.11 Å². The number of methoxy groups -OCH3 is 1. The zero-order chi connectivity index (χ0) is 15.7. The van der Waals surface area contributed by atoms with Crippen molar-refractivity contribution < 1.29 is 14.3 Å². The topological polar surface area (TPSA) is 67.4 Å². The van der Waals surface area contributed by atoms with Crippen molar-refractivity contribution >= 4 is 17.5 Å². The lowest BCUT2D eigenvalue weighted by Crippen LogP contribution is -2.30. The van der Waals surface area contributed by atoms with Crippen LogP contribution in [-0.2, 0) is 27.2 Å². The van der Waals surface area contributed by atoms with Gasteiger partial charge in [-0.2, -0.15) is 0 Å². The quantitative estimate of drug-likeness (QED) is 0.568. The van der Waals surface area contributed by atoms with Gasteiger partial charge in [0.25, 0.3) is 0 Å². The van der Waals surface area contributed by atoms with Crippen LogP contribution in [0, 0.1) is 0 Å². The first-order chi connectivity index (χ1) is 10.1. The van der Waals surface area contributed by atoms with E-state index in [2.05, 4.69) is 10.6 Å². The molecule has 0 aromatic heterocycles. The molecule has 0 bridgehead atoms. The molecule has 0 aliphatic rings. The van der Waals surface area contributed by atoms with E-state index in [0.29, 0.717) is 13.2 Å². The van der Waals surface area contributed by atoms with Gasteiger partial charge in [-0.3, -0.25) is 9.59 Å². The number of hydrogen-bond donors (Lipinski definition) is 2. The summed E-state index contributed by atoms with van der Waals surface area (Å²) in [7, 11) is 1.56. The van der Waals surface area contributed by atoms with Crippen molar-refractivity contribution in [2.45, 2.75) is 33.1 Å². The molecule has 0 atom stereocenters. The van der Waals surface area contributed by atoms with Crippen molar-refractivity contribution in [1.29, 1.82) is 0 Å². The second-order valence-electron chi connectivity index (χ2n) is 4.73. The van der Waals surface area contributed by atoms with Crippen molar-refractivity contribution in [3.05, 3.63) is 29.3 Å². The number of benzene rings is 1. The number of carbonyl (C=O) groups excluding carboxylic acids is 2. The van der Waals surface area contributed by atoms with Crippen LogP contribution in [0.15, 0.2) is 18.2 Å². The molecule has 116 valence electrons. The highest BCUT2D eigenvalue weighted by atomic mass is 16.5. The SMILES string of the molecule is CCc1cccc(CC)c1NC(=O)CC(=O)NCCOC. The van der Waals surface area contributed by atoms with Crippen molar-refractivity contribution in [3.8, 4) is 0 Å². The maximum absolute atomic E-state index is 12.0. The van der Waals surface area contributed by atoms with E-state index in [-0.39, 0.29) is 18.2 Å². The maximum atomic E-state index is 12.0. The smallest absolute Gasteiger partial charge is 0.233 e. The summed E-state index contributed by atoms with van der Waals surface area (Å²) in [6.45, 7) is 4.93. The molecule has 0 spiro atoms. The fraction of sp³-hybridized carbons (Fsp3) is 0.500. The Bertz CT molecular complexity index is 464. The van der Waals surface area contributed by atoms with Gasteiger partial charge in [-0.25, -0.2) is 0 Å². The predicted octanol–water partition coefficient (Wildman–Crippen LogP) is 1.90. The molecule has 0 saturated heterocycles.